The van der Waals surface area contributed by atoms with Gasteiger partial charge in [0.05, 0.1) is 12.9 Å². The van der Waals surface area contributed by atoms with E-state index in [-0.39, 0.29) is 28.9 Å². The van der Waals surface area contributed by atoms with Crippen LogP contribution in [0.4, 0.5) is 0 Å². The summed E-state index contributed by atoms with van der Waals surface area (Å²) < 4.78 is 4.63. The maximum Gasteiger partial charge on any atom is 0.384 e. The molecular formula is C10H8N4O3. The molecule has 0 saturated carbocycles. The van der Waals surface area contributed by atoms with Crippen LogP contribution in [0.3, 0.4) is 0 Å². The predicted octanol–water partition coefficient (Wildman–Crippen LogP) is -0.439. The number of hydrogen-bond acceptors (Lipinski definition) is 5. The number of hydrogen-bond donors (Lipinski definition) is 2. The fraction of sp³-hybridized carbons (Fsp3) is 0.200. The van der Waals surface area contributed by atoms with Gasteiger partial charge in [0.15, 0.2) is 5.65 Å². The third-order valence-electron chi connectivity index (χ3n) is 1.92. The Labute approximate surface area is 95.2 Å². The van der Waals surface area contributed by atoms with Crippen LogP contribution < -0.4 is 5.56 Å². The Morgan fingerprint density at radius 3 is 3.18 bits per heavy atom. The Bertz CT molecular complexity index is 674. The monoisotopic (exact) mass is 232 g/mol. The lowest BCUT2D eigenvalue weighted by molar-refractivity contribution is -0.136. The van der Waals surface area contributed by atoms with Crippen LogP contribution in [0, 0.1) is 11.8 Å². The van der Waals surface area contributed by atoms with Gasteiger partial charge in [0, 0.05) is 5.92 Å². The van der Waals surface area contributed by atoms with Crippen molar-refractivity contribution < 1.29 is 9.53 Å². The first-order chi connectivity index (χ1) is 8.22. The molecule has 7 heteroatoms. The van der Waals surface area contributed by atoms with Gasteiger partial charge >= 0.3 is 5.97 Å². The molecule has 0 aliphatic carbocycles. The first kappa shape index (κ1) is 10.9. The Hall–Kier alpha value is -2.62. The summed E-state index contributed by atoms with van der Waals surface area (Å²) in [5, 5.41) is 6.56. The van der Waals surface area contributed by atoms with Crippen LogP contribution in [0.15, 0.2) is 11.1 Å². The van der Waals surface area contributed by atoms with Gasteiger partial charge in [0.25, 0.3) is 5.56 Å². The molecule has 0 atom stereocenters. The van der Waals surface area contributed by atoms with Gasteiger partial charge in [-0.1, -0.05) is 0 Å². The second-order valence-electron chi connectivity index (χ2n) is 3.00. The third kappa shape index (κ3) is 2.15. The highest BCUT2D eigenvalue weighted by molar-refractivity contribution is 5.90. The second kappa shape index (κ2) is 4.49. The number of ether oxygens (including phenoxy) is 1. The molecule has 2 rings (SSSR count). The summed E-state index contributed by atoms with van der Waals surface area (Å²) in [6.07, 6.45) is 1.24. The molecule has 0 amide bonds. The molecular weight excluding hydrogens is 224 g/mol. The molecule has 0 bridgehead atoms. The van der Waals surface area contributed by atoms with E-state index in [0.29, 0.717) is 0 Å². The normalized spacial score (nSPS) is 9.71. The molecule has 0 aliphatic heterocycles. The number of fused-ring (bicyclic) bond motifs is 1. The fourth-order valence-corrected chi connectivity index (χ4v) is 1.24. The molecule has 2 N–H and O–H groups in total. The van der Waals surface area contributed by atoms with E-state index in [2.05, 4.69) is 36.7 Å². The summed E-state index contributed by atoms with van der Waals surface area (Å²) in [6, 6.07) is 0. The van der Waals surface area contributed by atoms with E-state index in [1.165, 1.54) is 6.33 Å². The van der Waals surface area contributed by atoms with Crippen LogP contribution in [-0.2, 0) is 9.53 Å². The van der Waals surface area contributed by atoms with Gasteiger partial charge in [-0.05, 0) is 12.8 Å². The standard InChI is InChI=1S/C10H8N4O3/c1-2-17-7(15)4-3-6-8-9(14-13-6)11-5-12-10(8)16/h5H,2H2,1H3,(H2,11,12,13,14,16). The van der Waals surface area contributed by atoms with Gasteiger partial charge in [-0.2, -0.15) is 5.10 Å². The Morgan fingerprint density at radius 1 is 1.59 bits per heavy atom. The average Bonchev–Trinajstić information content (AvgIpc) is 2.71. The lowest BCUT2D eigenvalue weighted by Gasteiger charge is -1.90. The van der Waals surface area contributed by atoms with Gasteiger partial charge in [0.1, 0.15) is 11.1 Å². The Balaban J connectivity index is 2.44. The van der Waals surface area contributed by atoms with Crippen molar-refractivity contribution in [3.8, 4) is 11.8 Å². The van der Waals surface area contributed by atoms with Crippen molar-refractivity contribution in [1.29, 1.82) is 0 Å². The fourth-order valence-electron chi connectivity index (χ4n) is 1.24. The van der Waals surface area contributed by atoms with Crippen LogP contribution in [0.2, 0.25) is 0 Å². The van der Waals surface area contributed by atoms with Crippen molar-refractivity contribution in [2.75, 3.05) is 6.61 Å². The van der Waals surface area contributed by atoms with E-state index in [4.69, 9.17) is 0 Å². The number of esters is 1. The number of aromatic amines is 2. The minimum atomic E-state index is -0.657. The number of aromatic nitrogens is 4. The molecule has 0 aromatic carbocycles. The Kier molecular flexibility index (Phi) is 2.87. The maximum atomic E-state index is 11.5. The summed E-state index contributed by atoms with van der Waals surface area (Å²) >= 11 is 0. The molecule has 7 nitrogen and oxygen atoms in total. The van der Waals surface area contributed by atoms with Crippen molar-refractivity contribution in [1.82, 2.24) is 20.2 Å². The smallest absolute Gasteiger partial charge is 0.384 e. The topological polar surface area (TPSA) is 101 Å². The van der Waals surface area contributed by atoms with Crippen molar-refractivity contribution in [3.05, 3.63) is 22.4 Å². The van der Waals surface area contributed by atoms with E-state index in [0.717, 1.165) is 0 Å². The minimum Gasteiger partial charge on any atom is -0.456 e. The predicted molar refractivity (Wildman–Crippen MR) is 58.0 cm³/mol. The molecule has 0 fully saturated rings. The first-order valence-corrected chi connectivity index (χ1v) is 4.83. The molecule has 0 spiro atoms. The zero-order valence-corrected chi connectivity index (χ0v) is 8.90. The van der Waals surface area contributed by atoms with Crippen LogP contribution in [-0.4, -0.2) is 32.7 Å². The van der Waals surface area contributed by atoms with E-state index >= 15 is 0 Å². The summed E-state index contributed by atoms with van der Waals surface area (Å²) in [7, 11) is 0. The van der Waals surface area contributed by atoms with Crippen molar-refractivity contribution >= 4 is 17.0 Å². The summed E-state index contributed by atoms with van der Waals surface area (Å²) in [5.74, 6) is 4.08. The highest BCUT2D eigenvalue weighted by atomic mass is 16.5. The number of rotatable bonds is 1. The van der Waals surface area contributed by atoms with Crippen molar-refractivity contribution in [2.45, 2.75) is 6.92 Å². The third-order valence-corrected chi connectivity index (χ3v) is 1.92. The number of H-pyrrole nitrogens is 2. The molecule has 0 aliphatic rings. The quantitative estimate of drug-likeness (QED) is 0.512. The summed E-state index contributed by atoms with van der Waals surface area (Å²) in [6.45, 7) is 1.93. The first-order valence-electron chi connectivity index (χ1n) is 4.83. The summed E-state index contributed by atoms with van der Waals surface area (Å²) in [4.78, 5) is 28.8. The lowest BCUT2D eigenvalue weighted by atomic mass is 10.3. The SMILES string of the molecule is CCOC(=O)C#Cc1[nH]nc2nc[nH]c(=O)c12. The largest absolute Gasteiger partial charge is 0.456 e. The van der Waals surface area contributed by atoms with Gasteiger partial charge in [-0.3, -0.25) is 9.89 Å². The maximum absolute atomic E-state index is 11.5. The van der Waals surface area contributed by atoms with E-state index in [1.54, 1.807) is 6.92 Å². The zero-order chi connectivity index (χ0) is 12.3. The summed E-state index contributed by atoms with van der Waals surface area (Å²) in [5.41, 5.74) is 0.126. The van der Waals surface area contributed by atoms with Gasteiger partial charge in [-0.15, -0.1) is 0 Å². The Morgan fingerprint density at radius 2 is 2.41 bits per heavy atom. The second-order valence-corrected chi connectivity index (χ2v) is 3.00. The molecule has 2 aromatic rings. The van der Waals surface area contributed by atoms with Crippen LogP contribution in [0.1, 0.15) is 12.6 Å². The highest BCUT2D eigenvalue weighted by Gasteiger charge is 2.07. The van der Waals surface area contributed by atoms with Crippen molar-refractivity contribution in [3.63, 3.8) is 0 Å². The number of nitrogens with zero attached hydrogens (tertiary/aromatic N) is 2. The van der Waals surface area contributed by atoms with E-state index in [1.807, 2.05) is 0 Å². The lowest BCUT2D eigenvalue weighted by Crippen LogP contribution is -2.06. The molecule has 0 unspecified atom stereocenters. The average molecular weight is 232 g/mol. The number of carbonyl (C=O) groups excluding carboxylic acids is 1. The van der Waals surface area contributed by atoms with E-state index in [9.17, 15) is 9.59 Å². The van der Waals surface area contributed by atoms with Gasteiger partial charge < -0.3 is 9.72 Å². The highest BCUT2D eigenvalue weighted by Crippen LogP contribution is 2.05. The van der Waals surface area contributed by atoms with E-state index < -0.39 is 5.97 Å². The van der Waals surface area contributed by atoms with Gasteiger partial charge in [0.2, 0.25) is 0 Å². The zero-order valence-electron chi connectivity index (χ0n) is 8.90. The van der Waals surface area contributed by atoms with Crippen LogP contribution in [0.25, 0.3) is 11.0 Å². The molecule has 0 radical (unpaired) electrons. The minimum absolute atomic E-state index is 0.226. The molecule has 2 heterocycles. The molecule has 2 aromatic heterocycles. The molecule has 86 valence electrons. The van der Waals surface area contributed by atoms with Crippen LogP contribution in [0.5, 0.6) is 0 Å². The number of carbonyl (C=O) groups is 1. The molecule has 17 heavy (non-hydrogen) atoms. The van der Waals surface area contributed by atoms with Crippen LogP contribution >= 0.6 is 0 Å². The number of nitrogens with one attached hydrogen (secondary N) is 2. The molecule has 0 saturated heterocycles. The van der Waals surface area contributed by atoms with Crippen molar-refractivity contribution in [2.24, 2.45) is 0 Å². The van der Waals surface area contributed by atoms with Gasteiger partial charge in [-0.25, -0.2) is 9.78 Å².